The van der Waals surface area contributed by atoms with Crippen molar-refractivity contribution in [3.63, 3.8) is 0 Å². The second kappa shape index (κ2) is 5.37. The van der Waals surface area contributed by atoms with Crippen molar-refractivity contribution in [1.82, 2.24) is 10.2 Å². The minimum absolute atomic E-state index is 0.320. The van der Waals surface area contributed by atoms with Crippen LogP contribution in [0.2, 0.25) is 0 Å². The first kappa shape index (κ1) is 13.3. The highest BCUT2D eigenvalue weighted by atomic mass is 15.3. The largest absolute Gasteiger partial charge is 0.354 e. The maximum atomic E-state index is 6.20. The van der Waals surface area contributed by atoms with Crippen LogP contribution in [0.25, 0.3) is 10.8 Å². The first-order chi connectivity index (χ1) is 9.70. The number of aromatic nitrogens is 2. The van der Waals surface area contributed by atoms with Gasteiger partial charge in [-0.1, -0.05) is 37.6 Å². The molecule has 0 aliphatic carbocycles. The summed E-state index contributed by atoms with van der Waals surface area (Å²) in [6.45, 7) is 6.19. The summed E-state index contributed by atoms with van der Waals surface area (Å²) in [5.74, 6) is 1.56. The van der Waals surface area contributed by atoms with Gasteiger partial charge in [-0.25, -0.2) is 0 Å². The third-order valence-electron chi connectivity index (χ3n) is 4.47. The predicted molar refractivity (Wildman–Crippen MR) is 82.9 cm³/mol. The molecule has 2 unspecified atom stereocenters. The van der Waals surface area contributed by atoms with Gasteiger partial charge in [-0.05, 0) is 19.3 Å². The lowest BCUT2D eigenvalue weighted by Gasteiger charge is -2.37. The summed E-state index contributed by atoms with van der Waals surface area (Å²) in [7, 11) is 0. The summed E-state index contributed by atoms with van der Waals surface area (Å²) >= 11 is 0. The number of fused-ring (bicyclic) bond motifs is 1. The minimum Gasteiger partial charge on any atom is -0.354 e. The summed E-state index contributed by atoms with van der Waals surface area (Å²) in [6.07, 6.45) is 2.15. The van der Waals surface area contributed by atoms with Gasteiger partial charge in [-0.3, -0.25) is 0 Å². The summed E-state index contributed by atoms with van der Waals surface area (Å²) in [4.78, 5) is 2.35. The molecule has 0 amide bonds. The molecular formula is C16H22N4. The van der Waals surface area contributed by atoms with E-state index < -0.39 is 0 Å². The molecule has 2 heterocycles. The first-order valence-electron chi connectivity index (χ1n) is 7.43. The molecule has 20 heavy (non-hydrogen) atoms. The first-order valence-corrected chi connectivity index (χ1v) is 7.43. The molecule has 3 rings (SSSR count). The number of benzene rings is 1. The van der Waals surface area contributed by atoms with E-state index in [4.69, 9.17) is 5.73 Å². The van der Waals surface area contributed by atoms with Gasteiger partial charge in [0.2, 0.25) is 0 Å². The van der Waals surface area contributed by atoms with Gasteiger partial charge < -0.3 is 10.6 Å². The van der Waals surface area contributed by atoms with Crippen LogP contribution in [0, 0.1) is 12.8 Å². The van der Waals surface area contributed by atoms with E-state index in [0.29, 0.717) is 12.0 Å². The highest BCUT2D eigenvalue weighted by Crippen LogP contribution is 2.29. The lowest BCUT2D eigenvalue weighted by atomic mass is 9.90. The van der Waals surface area contributed by atoms with Crippen molar-refractivity contribution in [2.45, 2.75) is 32.7 Å². The fourth-order valence-corrected chi connectivity index (χ4v) is 3.13. The van der Waals surface area contributed by atoms with Crippen molar-refractivity contribution in [1.29, 1.82) is 0 Å². The Morgan fingerprint density at radius 3 is 2.75 bits per heavy atom. The molecule has 4 nitrogen and oxygen atoms in total. The van der Waals surface area contributed by atoms with Crippen molar-refractivity contribution in [3.05, 3.63) is 30.0 Å². The van der Waals surface area contributed by atoms with Crippen LogP contribution in [0.1, 0.15) is 25.5 Å². The maximum Gasteiger partial charge on any atom is 0.159 e. The van der Waals surface area contributed by atoms with Gasteiger partial charge in [0.15, 0.2) is 5.82 Å². The van der Waals surface area contributed by atoms with Crippen LogP contribution in [-0.2, 0) is 0 Å². The van der Waals surface area contributed by atoms with Gasteiger partial charge in [0.05, 0.1) is 5.69 Å². The number of aryl methyl sites for hydroxylation is 1. The highest BCUT2D eigenvalue weighted by molar-refractivity contribution is 5.93. The van der Waals surface area contributed by atoms with E-state index in [2.05, 4.69) is 46.3 Å². The third kappa shape index (κ3) is 2.24. The van der Waals surface area contributed by atoms with Gasteiger partial charge >= 0.3 is 0 Å². The second-order valence-corrected chi connectivity index (χ2v) is 5.72. The molecule has 2 N–H and O–H groups in total. The monoisotopic (exact) mass is 270 g/mol. The zero-order chi connectivity index (χ0) is 14.1. The van der Waals surface area contributed by atoms with E-state index in [-0.39, 0.29) is 0 Å². The Morgan fingerprint density at radius 2 is 2.00 bits per heavy atom. The molecule has 106 valence electrons. The van der Waals surface area contributed by atoms with Crippen LogP contribution in [0.4, 0.5) is 5.82 Å². The number of nitrogens with two attached hydrogens (primary N) is 1. The molecule has 2 atom stereocenters. The average Bonchev–Trinajstić information content (AvgIpc) is 2.49. The van der Waals surface area contributed by atoms with Crippen molar-refractivity contribution < 1.29 is 0 Å². The standard InChI is InChI=1S/C16H22N4/c1-3-12-10-20(9-8-15(12)17)16-14-7-5-4-6-13(14)11(2)18-19-16/h4-7,12,15H,3,8-10,17H2,1-2H3. The van der Waals surface area contributed by atoms with Crippen LogP contribution in [0.15, 0.2) is 24.3 Å². The number of hydrogen-bond donors (Lipinski definition) is 1. The van der Waals surface area contributed by atoms with E-state index in [1.807, 2.05) is 6.92 Å². The molecule has 1 aromatic heterocycles. The van der Waals surface area contributed by atoms with Crippen LogP contribution >= 0.6 is 0 Å². The van der Waals surface area contributed by atoms with E-state index in [0.717, 1.165) is 37.4 Å². The molecule has 1 aliphatic heterocycles. The van der Waals surface area contributed by atoms with Crippen molar-refractivity contribution in [2.75, 3.05) is 18.0 Å². The normalized spacial score (nSPS) is 23.2. The Morgan fingerprint density at radius 1 is 1.25 bits per heavy atom. The van der Waals surface area contributed by atoms with Crippen LogP contribution < -0.4 is 10.6 Å². The average molecular weight is 270 g/mol. The van der Waals surface area contributed by atoms with Gasteiger partial charge in [-0.2, -0.15) is 5.10 Å². The Bertz CT molecular complexity index is 610. The summed E-state index contributed by atoms with van der Waals surface area (Å²) < 4.78 is 0. The van der Waals surface area contributed by atoms with E-state index >= 15 is 0 Å². The van der Waals surface area contributed by atoms with Crippen LogP contribution in [0.3, 0.4) is 0 Å². The minimum atomic E-state index is 0.320. The fraction of sp³-hybridized carbons (Fsp3) is 0.500. The summed E-state index contributed by atoms with van der Waals surface area (Å²) in [5, 5.41) is 11.2. The number of rotatable bonds is 2. The third-order valence-corrected chi connectivity index (χ3v) is 4.47. The van der Waals surface area contributed by atoms with Crippen molar-refractivity contribution in [2.24, 2.45) is 11.7 Å². The molecule has 1 aliphatic rings. The Kier molecular flexibility index (Phi) is 3.57. The molecular weight excluding hydrogens is 248 g/mol. The van der Waals surface area contributed by atoms with E-state index in [9.17, 15) is 0 Å². The Hall–Kier alpha value is -1.68. The smallest absolute Gasteiger partial charge is 0.159 e. The zero-order valence-corrected chi connectivity index (χ0v) is 12.2. The van der Waals surface area contributed by atoms with Gasteiger partial charge in [-0.15, -0.1) is 5.10 Å². The number of piperidine rings is 1. The number of anilines is 1. The molecule has 0 spiro atoms. The Balaban J connectivity index is 2.00. The van der Waals surface area contributed by atoms with Gasteiger partial charge in [0.25, 0.3) is 0 Å². The van der Waals surface area contributed by atoms with Crippen LogP contribution in [-0.4, -0.2) is 29.3 Å². The number of hydrogen-bond acceptors (Lipinski definition) is 4. The summed E-state index contributed by atoms with van der Waals surface area (Å²) in [6, 6.07) is 8.71. The topological polar surface area (TPSA) is 55.0 Å². The zero-order valence-electron chi connectivity index (χ0n) is 12.2. The quantitative estimate of drug-likeness (QED) is 0.911. The summed E-state index contributed by atoms with van der Waals surface area (Å²) in [5.41, 5.74) is 7.19. The van der Waals surface area contributed by atoms with E-state index in [1.165, 1.54) is 10.8 Å². The molecule has 0 radical (unpaired) electrons. The fourth-order valence-electron chi connectivity index (χ4n) is 3.13. The number of nitrogens with zero attached hydrogens (tertiary/aromatic N) is 3. The molecule has 0 bridgehead atoms. The van der Waals surface area contributed by atoms with Gasteiger partial charge in [0.1, 0.15) is 0 Å². The van der Waals surface area contributed by atoms with Crippen LogP contribution in [0.5, 0.6) is 0 Å². The maximum absolute atomic E-state index is 6.20. The molecule has 4 heteroatoms. The molecule has 0 saturated carbocycles. The Labute approximate surface area is 120 Å². The molecule has 1 fully saturated rings. The van der Waals surface area contributed by atoms with Crippen molar-refractivity contribution in [3.8, 4) is 0 Å². The lowest BCUT2D eigenvalue weighted by Crippen LogP contribution is -2.47. The predicted octanol–water partition coefficient (Wildman–Crippen LogP) is 2.50. The molecule has 1 saturated heterocycles. The lowest BCUT2D eigenvalue weighted by molar-refractivity contribution is 0.347. The van der Waals surface area contributed by atoms with Gasteiger partial charge in [0, 0.05) is 29.9 Å². The van der Waals surface area contributed by atoms with Crippen molar-refractivity contribution >= 4 is 16.6 Å². The SMILES string of the molecule is CCC1CN(c2nnc(C)c3ccccc23)CCC1N. The highest BCUT2D eigenvalue weighted by Gasteiger charge is 2.27. The van der Waals surface area contributed by atoms with E-state index in [1.54, 1.807) is 0 Å². The molecule has 1 aromatic carbocycles. The molecule has 2 aromatic rings. The second-order valence-electron chi connectivity index (χ2n) is 5.72.